The summed E-state index contributed by atoms with van der Waals surface area (Å²) in [6.45, 7) is 3.06. The van der Waals surface area contributed by atoms with Gasteiger partial charge in [-0.05, 0) is 49.4 Å². The molecule has 0 aliphatic heterocycles. The van der Waals surface area contributed by atoms with E-state index in [0.717, 1.165) is 23.5 Å². The Morgan fingerprint density at radius 1 is 0.865 bits per heavy atom. The Morgan fingerprint density at radius 2 is 1.49 bits per heavy atom. The average molecular weight is 524 g/mol. The number of rotatable bonds is 9. The SMILES string of the molecule is CC(=O)O.CC(Oc1c(Cl)cccc1COc1ccc(OCc2ccc3ccccc3n2)cc1)C(=O)O. The molecule has 1 heterocycles. The lowest BCUT2D eigenvalue weighted by atomic mass is 10.2. The van der Waals surface area contributed by atoms with Crippen LogP contribution in [0.5, 0.6) is 17.2 Å². The van der Waals surface area contributed by atoms with E-state index >= 15 is 0 Å². The second kappa shape index (κ2) is 13.1. The first kappa shape index (κ1) is 27.3. The summed E-state index contributed by atoms with van der Waals surface area (Å²) in [6.07, 6.45) is -1.03. The molecule has 4 rings (SSSR count). The summed E-state index contributed by atoms with van der Waals surface area (Å²) in [5.41, 5.74) is 2.43. The highest BCUT2D eigenvalue weighted by atomic mass is 35.5. The summed E-state index contributed by atoms with van der Waals surface area (Å²) in [7, 11) is 0. The fourth-order valence-corrected chi connectivity index (χ4v) is 3.40. The fraction of sp³-hybridized carbons (Fsp3) is 0.179. The maximum atomic E-state index is 11.1. The van der Waals surface area contributed by atoms with Crippen molar-refractivity contribution >= 4 is 34.4 Å². The van der Waals surface area contributed by atoms with Crippen LogP contribution in [-0.4, -0.2) is 33.2 Å². The van der Waals surface area contributed by atoms with Gasteiger partial charge in [-0.15, -0.1) is 0 Å². The number of hydrogen-bond donors (Lipinski definition) is 2. The van der Waals surface area contributed by atoms with Gasteiger partial charge in [-0.25, -0.2) is 9.78 Å². The third-order valence-electron chi connectivity index (χ3n) is 4.95. The Labute approximate surface area is 219 Å². The van der Waals surface area contributed by atoms with Crippen molar-refractivity contribution in [1.82, 2.24) is 4.98 Å². The second-order valence-electron chi connectivity index (χ2n) is 7.89. The largest absolute Gasteiger partial charge is 0.489 e. The number of nitrogens with zero attached hydrogens (tertiary/aromatic N) is 1. The first-order valence-corrected chi connectivity index (χ1v) is 11.7. The van der Waals surface area contributed by atoms with E-state index in [0.29, 0.717) is 34.4 Å². The standard InChI is InChI=1S/C26H22ClNO5.C2H4O2/c1-17(26(29)30)33-25-19(6-4-7-23(25)27)15-31-21-11-13-22(14-12-21)32-16-20-10-9-18-5-2-3-8-24(18)28-20;1-2(3)4/h2-14,17H,15-16H2,1H3,(H,29,30);1H3,(H,3,4). The number of carboxylic acids is 2. The van der Waals surface area contributed by atoms with E-state index in [1.807, 2.05) is 48.5 Å². The molecule has 9 heteroatoms. The molecule has 1 aromatic heterocycles. The lowest BCUT2D eigenvalue weighted by molar-refractivity contribution is -0.144. The second-order valence-corrected chi connectivity index (χ2v) is 8.30. The van der Waals surface area contributed by atoms with Crippen molar-refractivity contribution in [3.63, 3.8) is 0 Å². The van der Waals surface area contributed by atoms with Gasteiger partial charge in [0.2, 0.25) is 0 Å². The van der Waals surface area contributed by atoms with Crippen molar-refractivity contribution in [2.75, 3.05) is 0 Å². The monoisotopic (exact) mass is 523 g/mol. The van der Waals surface area contributed by atoms with E-state index in [9.17, 15) is 4.79 Å². The number of para-hydroxylation sites is 2. The highest BCUT2D eigenvalue weighted by Crippen LogP contribution is 2.31. The summed E-state index contributed by atoms with van der Waals surface area (Å²) in [4.78, 5) is 24.7. The predicted molar refractivity (Wildman–Crippen MR) is 139 cm³/mol. The third kappa shape index (κ3) is 8.40. The maximum absolute atomic E-state index is 11.1. The van der Waals surface area contributed by atoms with Crippen LogP contribution in [0.2, 0.25) is 5.02 Å². The van der Waals surface area contributed by atoms with Crippen molar-refractivity contribution in [2.24, 2.45) is 0 Å². The molecular weight excluding hydrogens is 498 g/mol. The molecule has 0 saturated heterocycles. The van der Waals surface area contributed by atoms with Crippen molar-refractivity contribution < 1.29 is 34.0 Å². The Hall–Kier alpha value is -4.30. The highest BCUT2D eigenvalue weighted by Gasteiger charge is 2.17. The zero-order valence-electron chi connectivity index (χ0n) is 20.3. The van der Waals surface area contributed by atoms with Crippen LogP contribution in [0, 0.1) is 0 Å². The van der Waals surface area contributed by atoms with Gasteiger partial charge in [-0.2, -0.15) is 0 Å². The molecule has 0 spiro atoms. The number of ether oxygens (including phenoxy) is 3. The molecule has 0 fully saturated rings. The van der Waals surface area contributed by atoms with E-state index in [2.05, 4.69) is 4.98 Å². The Bertz CT molecular complexity index is 1350. The van der Waals surface area contributed by atoms with Gasteiger partial charge < -0.3 is 24.4 Å². The third-order valence-corrected chi connectivity index (χ3v) is 5.25. The molecule has 0 aliphatic carbocycles. The fourth-order valence-electron chi connectivity index (χ4n) is 3.17. The summed E-state index contributed by atoms with van der Waals surface area (Å²) in [6, 6.07) is 24.4. The van der Waals surface area contributed by atoms with Crippen LogP contribution >= 0.6 is 11.6 Å². The molecule has 0 saturated carbocycles. The molecule has 0 radical (unpaired) electrons. The Balaban J connectivity index is 0.000000886. The molecule has 192 valence electrons. The number of carbonyl (C=O) groups is 2. The molecule has 1 unspecified atom stereocenters. The zero-order chi connectivity index (χ0) is 26.8. The number of fused-ring (bicyclic) bond motifs is 1. The number of aromatic nitrogens is 1. The van der Waals surface area contributed by atoms with Crippen LogP contribution in [0.25, 0.3) is 10.9 Å². The van der Waals surface area contributed by atoms with Crippen molar-refractivity contribution in [3.8, 4) is 17.2 Å². The van der Waals surface area contributed by atoms with Crippen molar-refractivity contribution in [3.05, 3.63) is 95.1 Å². The lowest BCUT2D eigenvalue weighted by Crippen LogP contribution is -2.23. The van der Waals surface area contributed by atoms with Crippen molar-refractivity contribution in [2.45, 2.75) is 33.2 Å². The smallest absolute Gasteiger partial charge is 0.344 e. The zero-order valence-corrected chi connectivity index (χ0v) is 21.0. The van der Waals surface area contributed by atoms with Gasteiger partial charge in [0.15, 0.2) is 6.10 Å². The molecule has 0 bridgehead atoms. The van der Waals surface area contributed by atoms with Gasteiger partial charge in [-0.1, -0.05) is 48.0 Å². The molecular formula is C28H26ClNO7. The van der Waals surface area contributed by atoms with Gasteiger partial charge >= 0.3 is 5.97 Å². The Morgan fingerprint density at radius 3 is 2.14 bits per heavy atom. The number of pyridine rings is 1. The average Bonchev–Trinajstić information content (AvgIpc) is 2.88. The van der Waals surface area contributed by atoms with E-state index in [-0.39, 0.29) is 6.61 Å². The minimum atomic E-state index is -1.07. The molecule has 1 atom stereocenters. The van der Waals surface area contributed by atoms with Gasteiger partial charge in [-0.3, -0.25) is 4.79 Å². The van der Waals surface area contributed by atoms with Crippen LogP contribution in [0.1, 0.15) is 25.1 Å². The van der Waals surface area contributed by atoms with Crippen LogP contribution < -0.4 is 14.2 Å². The number of aliphatic carboxylic acids is 2. The molecule has 0 aliphatic rings. The number of benzene rings is 3. The number of hydrogen-bond acceptors (Lipinski definition) is 6. The van der Waals surface area contributed by atoms with E-state index in [1.165, 1.54) is 6.92 Å². The summed E-state index contributed by atoms with van der Waals surface area (Å²) < 4.78 is 17.2. The first-order chi connectivity index (χ1) is 17.7. The molecule has 4 aromatic rings. The summed E-state index contributed by atoms with van der Waals surface area (Å²) >= 11 is 6.20. The van der Waals surface area contributed by atoms with Crippen LogP contribution in [0.4, 0.5) is 0 Å². The lowest BCUT2D eigenvalue weighted by Gasteiger charge is -2.16. The van der Waals surface area contributed by atoms with Gasteiger partial charge in [0.1, 0.15) is 30.5 Å². The Kier molecular flexibility index (Phi) is 9.69. The number of halogens is 1. The molecule has 37 heavy (non-hydrogen) atoms. The molecule has 8 nitrogen and oxygen atoms in total. The molecule has 0 amide bonds. The van der Waals surface area contributed by atoms with Crippen LogP contribution in [0.3, 0.4) is 0 Å². The maximum Gasteiger partial charge on any atom is 0.344 e. The van der Waals surface area contributed by atoms with Gasteiger partial charge in [0.05, 0.1) is 16.2 Å². The first-order valence-electron chi connectivity index (χ1n) is 11.3. The van der Waals surface area contributed by atoms with E-state index in [1.54, 1.807) is 30.3 Å². The highest BCUT2D eigenvalue weighted by molar-refractivity contribution is 6.32. The normalized spacial score (nSPS) is 11.1. The summed E-state index contributed by atoms with van der Waals surface area (Å²) in [5, 5.41) is 17.9. The quantitative estimate of drug-likeness (QED) is 0.275. The predicted octanol–water partition coefficient (Wildman–Crippen LogP) is 5.99. The van der Waals surface area contributed by atoms with Gasteiger partial charge in [0.25, 0.3) is 5.97 Å². The van der Waals surface area contributed by atoms with Gasteiger partial charge in [0, 0.05) is 17.9 Å². The molecule has 2 N–H and O–H groups in total. The van der Waals surface area contributed by atoms with E-state index in [4.69, 9.17) is 40.8 Å². The minimum absolute atomic E-state index is 0.170. The van der Waals surface area contributed by atoms with Crippen molar-refractivity contribution in [1.29, 1.82) is 0 Å². The number of carboxylic acid groups (broad SMARTS) is 2. The summed E-state index contributed by atoms with van der Waals surface area (Å²) in [5.74, 6) is -0.282. The van der Waals surface area contributed by atoms with E-state index < -0.39 is 18.0 Å². The minimum Gasteiger partial charge on any atom is -0.489 e. The van der Waals surface area contributed by atoms with Crippen LogP contribution in [0.15, 0.2) is 78.9 Å². The molecule has 3 aromatic carbocycles. The van der Waals surface area contributed by atoms with Crippen LogP contribution in [-0.2, 0) is 22.8 Å². The topological polar surface area (TPSA) is 115 Å².